The lowest BCUT2D eigenvalue weighted by atomic mass is 9.97. The van der Waals surface area contributed by atoms with Gasteiger partial charge in [0, 0.05) is 33.1 Å². The molecule has 0 aliphatic carbocycles. The zero-order chi connectivity index (χ0) is 13.4. The van der Waals surface area contributed by atoms with Crippen molar-refractivity contribution in [2.75, 3.05) is 0 Å². The summed E-state index contributed by atoms with van der Waals surface area (Å²) in [5.41, 5.74) is 2.76. The first-order valence-electron chi connectivity index (χ1n) is 6.75. The van der Waals surface area contributed by atoms with Crippen LogP contribution in [0.25, 0.3) is 0 Å². The van der Waals surface area contributed by atoms with Crippen LogP contribution in [0, 0.1) is 0 Å². The number of pyridine rings is 1. The summed E-state index contributed by atoms with van der Waals surface area (Å²) in [4.78, 5) is 2.71. The van der Waals surface area contributed by atoms with Gasteiger partial charge >= 0.3 is 0 Å². The van der Waals surface area contributed by atoms with E-state index in [2.05, 4.69) is 83.7 Å². The molecule has 0 atom stereocenters. The quantitative estimate of drug-likeness (QED) is 0.474. The molecule has 0 unspecified atom stereocenters. The Bertz CT molecular complexity index is 707. The maximum Gasteiger partial charge on any atom is 0.211 e. The minimum Gasteiger partial charge on any atom is -0.194 e. The van der Waals surface area contributed by atoms with Crippen LogP contribution < -0.4 is 4.57 Å². The molecular formula is C18H14NS+. The molecule has 1 aliphatic heterocycles. The third-order valence-electron chi connectivity index (χ3n) is 3.68. The normalized spacial score (nSPS) is 13.6. The van der Waals surface area contributed by atoms with Gasteiger partial charge < -0.3 is 0 Å². The molecule has 2 heteroatoms. The Morgan fingerprint density at radius 2 is 1.20 bits per heavy atom. The highest BCUT2D eigenvalue weighted by Crippen LogP contribution is 2.44. The molecule has 0 saturated heterocycles. The van der Waals surface area contributed by atoms with Crippen LogP contribution in [-0.2, 0) is 0 Å². The molecule has 0 bridgehead atoms. The minimum absolute atomic E-state index is 0.268. The van der Waals surface area contributed by atoms with Crippen LogP contribution in [0.3, 0.4) is 0 Å². The molecular weight excluding hydrogens is 262 g/mol. The van der Waals surface area contributed by atoms with Crippen LogP contribution in [0.4, 0.5) is 0 Å². The number of aromatic nitrogens is 1. The van der Waals surface area contributed by atoms with Gasteiger partial charge in [0.1, 0.15) is 0 Å². The average molecular weight is 276 g/mol. The zero-order valence-corrected chi connectivity index (χ0v) is 11.8. The summed E-state index contributed by atoms with van der Waals surface area (Å²) >= 11 is 1.87. The van der Waals surface area contributed by atoms with Crippen LogP contribution in [-0.4, -0.2) is 0 Å². The lowest BCUT2D eigenvalue weighted by molar-refractivity contribution is -0.705. The maximum absolute atomic E-state index is 2.29. The predicted molar refractivity (Wildman–Crippen MR) is 80.9 cm³/mol. The first kappa shape index (κ1) is 11.7. The van der Waals surface area contributed by atoms with Gasteiger partial charge in [0.15, 0.2) is 12.4 Å². The Balaban J connectivity index is 1.98. The molecule has 96 valence electrons. The van der Waals surface area contributed by atoms with Crippen molar-refractivity contribution < 1.29 is 4.57 Å². The van der Waals surface area contributed by atoms with Gasteiger partial charge in [-0.1, -0.05) is 54.2 Å². The lowest BCUT2D eigenvalue weighted by Gasteiger charge is -2.23. The van der Waals surface area contributed by atoms with Gasteiger partial charge in [-0.05, 0) is 12.1 Å². The Hall–Kier alpha value is -2.06. The molecule has 0 radical (unpaired) electrons. The maximum atomic E-state index is 2.29. The molecule has 0 spiro atoms. The molecule has 20 heavy (non-hydrogen) atoms. The summed E-state index contributed by atoms with van der Waals surface area (Å²) in [6.07, 6.45) is 4.29. The van der Waals surface area contributed by atoms with E-state index in [0.717, 1.165) is 0 Å². The van der Waals surface area contributed by atoms with E-state index < -0.39 is 0 Å². The van der Waals surface area contributed by atoms with E-state index in [1.807, 2.05) is 11.8 Å². The van der Waals surface area contributed by atoms with Crippen LogP contribution in [0.5, 0.6) is 0 Å². The van der Waals surface area contributed by atoms with Crippen LogP contribution in [0.15, 0.2) is 88.9 Å². The molecule has 1 aliphatic rings. The van der Waals surface area contributed by atoms with Crippen LogP contribution >= 0.6 is 11.8 Å². The number of hydrogen-bond donors (Lipinski definition) is 0. The van der Waals surface area contributed by atoms with Crippen molar-refractivity contribution in [1.82, 2.24) is 0 Å². The van der Waals surface area contributed by atoms with Crippen molar-refractivity contribution >= 4 is 11.8 Å². The van der Waals surface area contributed by atoms with E-state index in [-0.39, 0.29) is 6.04 Å². The molecule has 0 amide bonds. The molecule has 3 aromatic rings. The largest absolute Gasteiger partial charge is 0.211 e. The highest BCUT2D eigenvalue weighted by atomic mass is 32.2. The highest BCUT2D eigenvalue weighted by Gasteiger charge is 2.32. The average Bonchev–Trinajstić information content (AvgIpc) is 2.53. The molecule has 1 nitrogen and oxygen atoms in total. The smallest absolute Gasteiger partial charge is 0.194 e. The van der Waals surface area contributed by atoms with E-state index in [4.69, 9.17) is 0 Å². The fourth-order valence-electron chi connectivity index (χ4n) is 2.79. The van der Waals surface area contributed by atoms with Gasteiger partial charge in [0.05, 0.1) is 0 Å². The fraction of sp³-hybridized carbons (Fsp3) is 0.0556. The molecule has 2 aromatic carbocycles. The Kier molecular flexibility index (Phi) is 2.82. The fourth-order valence-corrected chi connectivity index (χ4v) is 3.92. The van der Waals surface area contributed by atoms with Crippen molar-refractivity contribution in [1.29, 1.82) is 0 Å². The van der Waals surface area contributed by atoms with E-state index in [9.17, 15) is 0 Å². The van der Waals surface area contributed by atoms with Crippen molar-refractivity contribution in [3.05, 3.63) is 90.3 Å². The van der Waals surface area contributed by atoms with E-state index in [1.165, 1.54) is 20.9 Å². The summed E-state index contributed by atoms with van der Waals surface area (Å²) in [7, 11) is 0. The first-order valence-corrected chi connectivity index (χ1v) is 7.56. The Labute approximate surface area is 122 Å². The van der Waals surface area contributed by atoms with E-state index in [1.54, 1.807) is 0 Å². The van der Waals surface area contributed by atoms with Gasteiger partial charge in [-0.25, -0.2) is 0 Å². The number of rotatable bonds is 1. The number of hydrogen-bond acceptors (Lipinski definition) is 1. The third-order valence-corrected chi connectivity index (χ3v) is 4.87. The zero-order valence-electron chi connectivity index (χ0n) is 10.9. The van der Waals surface area contributed by atoms with Gasteiger partial charge in [0.25, 0.3) is 0 Å². The molecule has 0 N–H and O–H groups in total. The highest BCUT2D eigenvalue weighted by molar-refractivity contribution is 7.99. The molecule has 0 saturated carbocycles. The number of benzene rings is 2. The molecule has 4 rings (SSSR count). The van der Waals surface area contributed by atoms with Crippen molar-refractivity contribution in [2.24, 2.45) is 0 Å². The Morgan fingerprint density at radius 1 is 0.650 bits per heavy atom. The van der Waals surface area contributed by atoms with Gasteiger partial charge in [0.2, 0.25) is 6.04 Å². The van der Waals surface area contributed by atoms with Crippen LogP contribution in [0.1, 0.15) is 17.2 Å². The first-order chi connectivity index (χ1) is 9.93. The van der Waals surface area contributed by atoms with Gasteiger partial charge in [-0.2, -0.15) is 4.57 Å². The molecule has 0 fully saturated rings. The topological polar surface area (TPSA) is 3.88 Å². The lowest BCUT2D eigenvalue weighted by Crippen LogP contribution is -2.41. The summed E-state index contributed by atoms with van der Waals surface area (Å²) in [6.45, 7) is 0. The second-order valence-corrected chi connectivity index (χ2v) is 5.99. The van der Waals surface area contributed by atoms with Crippen LogP contribution in [0.2, 0.25) is 0 Å². The van der Waals surface area contributed by atoms with Crippen molar-refractivity contribution in [3.63, 3.8) is 0 Å². The summed E-state index contributed by atoms with van der Waals surface area (Å²) in [5.74, 6) is 0. The number of fused-ring (bicyclic) bond motifs is 2. The Morgan fingerprint density at radius 3 is 1.80 bits per heavy atom. The third kappa shape index (κ3) is 1.84. The monoisotopic (exact) mass is 276 g/mol. The van der Waals surface area contributed by atoms with E-state index in [0.29, 0.717) is 0 Å². The summed E-state index contributed by atoms with van der Waals surface area (Å²) in [5, 5.41) is 0. The second kappa shape index (κ2) is 4.80. The van der Waals surface area contributed by atoms with Crippen molar-refractivity contribution in [3.8, 4) is 0 Å². The van der Waals surface area contributed by atoms with E-state index >= 15 is 0 Å². The minimum atomic E-state index is 0.268. The summed E-state index contributed by atoms with van der Waals surface area (Å²) in [6, 6.07) is 23.9. The summed E-state index contributed by atoms with van der Waals surface area (Å²) < 4.78 is 2.29. The van der Waals surface area contributed by atoms with Gasteiger partial charge in [-0.15, -0.1) is 0 Å². The predicted octanol–water partition coefficient (Wildman–Crippen LogP) is 4.08. The molecule has 2 heterocycles. The van der Waals surface area contributed by atoms with Crippen molar-refractivity contribution in [2.45, 2.75) is 15.8 Å². The standard InChI is InChI=1S/C18H14NS/c1-6-12-19(13-7-1)18-14-8-2-4-10-16(14)20-17-11-5-3-9-15(17)18/h1-13,18H/q+1. The molecule has 1 aromatic heterocycles. The van der Waals surface area contributed by atoms with Gasteiger partial charge in [-0.3, -0.25) is 0 Å². The number of nitrogens with zero attached hydrogens (tertiary/aromatic N) is 1. The second-order valence-electron chi connectivity index (χ2n) is 4.90. The SMILES string of the molecule is c1cc[n+](C2c3ccccc3Sc3ccccc32)cc1.